The first kappa shape index (κ1) is 16.6. The summed E-state index contributed by atoms with van der Waals surface area (Å²) in [5.74, 6) is 1.55. The van der Waals surface area contributed by atoms with Gasteiger partial charge in [-0.1, -0.05) is 19.4 Å². The van der Waals surface area contributed by atoms with Crippen molar-refractivity contribution in [1.29, 1.82) is 0 Å². The van der Waals surface area contributed by atoms with Crippen molar-refractivity contribution < 1.29 is 4.74 Å². The maximum Gasteiger partial charge on any atom is 0.222 e. The lowest BCUT2D eigenvalue weighted by molar-refractivity contribution is 0.193. The second kappa shape index (κ2) is 8.06. The van der Waals surface area contributed by atoms with Gasteiger partial charge in [0.25, 0.3) is 0 Å². The first-order chi connectivity index (χ1) is 11.8. The summed E-state index contributed by atoms with van der Waals surface area (Å²) in [6.07, 6.45) is 6.92. The van der Waals surface area contributed by atoms with E-state index >= 15 is 0 Å². The van der Waals surface area contributed by atoms with Gasteiger partial charge in [-0.15, -0.1) is 0 Å². The molecule has 1 fully saturated rings. The van der Waals surface area contributed by atoms with Gasteiger partial charge in [-0.2, -0.15) is 4.98 Å². The van der Waals surface area contributed by atoms with Gasteiger partial charge in [-0.05, 0) is 24.5 Å². The minimum Gasteiger partial charge on any atom is -0.381 e. The first-order valence-electron chi connectivity index (χ1n) is 8.62. The van der Waals surface area contributed by atoms with E-state index in [9.17, 15) is 0 Å². The van der Waals surface area contributed by atoms with Crippen molar-refractivity contribution in [1.82, 2.24) is 15.0 Å². The van der Waals surface area contributed by atoms with Gasteiger partial charge in [-0.25, -0.2) is 4.98 Å². The van der Waals surface area contributed by atoms with E-state index in [2.05, 4.69) is 38.9 Å². The van der Waals surface area contributed by atoms with Crippen LogP contribution in [0.25, 0.3) is 0 Å². The number of nitrogen functional groups attached to an aromatic ring is 1. The smallest absolute Gasteiger partial charge is 0.222 e. The molecule has 2 N–H and O–H groups in total. The van der Waals surface area contributed by atoms with Gasteiger partial charge in [0, 0.05) is 44.1 Å². The summed E-state index contributed by atoms with van der Waals surface area (Å²) in [6, 6.07) is 6.12. The fourth-order valence-electron chi connectivity index (χ4n) is 2.95. The van der Waals surface area contributed by atoms with Gasteiger partial charge in [0.05, 0.1) is 12.3 Å². The summed E-state index contributed by atoms with van der Waals surface area (Å²) < 4.78 is 5.49. The van der Waals surface area contributed by atoms with E-state index in [1.165, 1.54) is 0 Å². The van der Waals surface area contributed by atoms with E-state index in [-0.39, 0.29) is 0 Å². The zero-order valence-electron chi connectivity index (χ0n) is 14.2. The van der Waals surface area contributed by atoms with Gasteiger partial charge in [0.15, 0.2) is 0 Å². The van der Waals surface area contributed by atoms with Crippen LogP contribution in [-0.2, 0) is 11.3 Å². The minimum atomic E-state index is 0.320. The van der Waals surface area contributed by atoms with Crippen molar-refractivity contribution in [3.8, 4) is 0 Å². The van der Waals surface area contributed by atoms with E-state index in [1.807, 2.05) is 12.3 Å². The maximum atomic E-state index is 5.98. The quantitative estimate of drug-likeness (QED) is 0.842. The highest BCUT2D eigenvalue weighted by Crippen LogP contribution is 2.27. The largest absolute Gasteiger partial charge is 0.381 e. The van der Waals surface area contributed by atoms with Crippen LogP contribution in [0.15, 0.2) is 30.6 Å². The average Bonchev–Trinajstić information content (AvgIpc) is 3.13. The van der Waals surface area contributed by atoms with Crippen molar-refractivity contribution >= 4 is 11.8 Å². The van der Waals surface area contributed by atoms with Gasteiger partial charge in [-0.3, -0.25) is 4.98 Å². The molecule has 0 radical (unpaired) electrons. The molecule has 6 nitrogen and oxygen atoms in total. The molecule has 0 aliphatic carbocycles. The minimum absolute atomic E-state index is 0.320. The average molecular weight is 327 g/mol. The molecule has 0 amide bonds. The van der Waals surface area contributed by atoms with Gasteiger partial charge >= 0.3 is 0 Å². The highest BCUT2D eigenvalue weighted by Gasteiger charge is 2.21. The summed E-state index contributed by atoms with van der Waals surface area (Å²) in [6.45, 7) is 5.40. The van der Waals surface area contributed by atoms with Gasteiger partial charge in [0.1, 0.15) is 5.82 Å². The van der Waals surface area contributed by atoms with Gasteiger partial charge in [0.2, 0.25) is 5.95 Å². The number of unbranched alkanes of at least 4 members (excludes halogenated alkanes) is 1. The predicted molar refractivity (Wildman–Crippen MR) is 94.8 cm³/mol. The molecule has 0 bridgehead atoms. The fourth-order valence-corrected chi connectivity index (χ4v) is 2.95. The monoisotopic (exact) mass is 327 g/mol. The molecule has 1 aliphatic heterocycles. The summed E-state index contributed by atoms with van der Waals surface area (Å²) in [7, 11) is 0. The van der Waals surface area contributed by atoms with Crippen molar-refractivity contribution in [3.05, 3.63) is 41.9 Å². The fraction of sp³-hybridized carbons (Fsp3) is 0.500. The van der Waals surface area contributed by atoms with Crippen LogP contribution < -0.4 is 10.6 Å². The predicted octanol–water partition coefficient (Wildman–Crippen LogP) is 2.76. The van der Waals surface area contributed by atoms with Gasteiger partial charge < -0.3 is 15.4 Å². The van der Waals surface area contributed by atoms with Crippen LogP contribution >= 0.6 is 0 Å². The van der Waals surface area contributed by atoms with Crippen LogP contribution in [0.3, 0.4) is 0 Å². The number of anilines is 2. The highest BCUT2D eigenvalue weighted by atomic mass is 16.5. The van der Waals surface area contributed by atoms with Crippen LogP contribution in [0.4, 0.5) is 11.8 Å². The Kier molecular flexibility index (Phi) is 5.59. The lowest BCUT2D eigenvalue weighted by Crippen LogP contribution is -2.26. The summed E-state index contributed by atoms with van der Waals surface area (Å²) in [5, 5.41) is 0. The Morgan fingerprint density at radius 1 is 1.38 bits per heavy atom. The standard InChI is InChI=1S/C18H25N5O/c1-2-3-8-23(12-14-5-4-7-20-11-14)17-10-16(21-18(19)22-17)15-6-9-24-13-15/h4-5,7,10-11,15H,2-3,6,8-9,12-13H2,1H3,(H2,19,21,22)/t15-/m0/s1. The molecule has 2 aromatic heterocycles. The molecule has 2 aromatic rings. The topological polar surface area (TPSA) is 77.2 Å². The molecular weight excluding hydrogens is 302 g/mol. The number of pyridine rings is 1. The molecular formula is C18H25N5O. The number of hydrogen-bond acceptors (Lipinski definition) is 6. The third-order valence-corrected chi connectivity index (χ3v) is 4.30. The number of nitrogens with zero attached hydrogens (tertiary/aromatic N) is 4. The van der Waals surface area contributed by atoms with E-state index in [1.54, 1.807) is 6.20 Å². The Bertz CT molecular complexity index is 643. The summed E-state index contributed by atoms with van der Waals surface area (Å²) in [4.78, 5) is 15.4. The number of hydrogen-bond donors (Lipinski definition) is 1. The number of nitrogens with two attached hydrogens (primary N) is 1. The van der Waals surface area contributed by atoms with Crippen LogP contribution in [0.2, 0.25) is 0 Å². The lowest BCUT2D eigenvalue weighted by Gasteiger charge is -2.24. The van der Waals surface area contributed by atoms with E-state index in [0.29, 0.717) is 18.5 Å². The summed E-state index contributed by atoms with van der Waals surface area (Å²) >= 11 is 0. The van der Waals surface area contributed by atoms with Crippen molar-refractivity contribution in [3.63, 3.8) is 0 Å². The molecule has 0 unspecified atom stereocenters. The zero-order valence-corrected chi connectivity index (χ0v) is 14.2. The molecule has 0 saturated carbocycles. The van der Waals surface area contributed by atoms with Crippen molar-refractivity contribution in [2.75, 3.05) is 30.4 Å². The molecule has 1 atom stereocenters. The van der Waals surface area contributed by atoms with Crippen LogP contribution in [0.1, 0.15) is 43.4 Å². The molecule has 0 spiro atoms. The van der Waals surface area contributed by atoms with Crippen LogP contribution in [0, 0.1) is 0 Å². The number of rotatable bonds is 7. The lowest BCUT2D eigenvalue weighted by atomic mass is 10.0. The molecule has 0 aromatic carbocycles. The second-order valence-electron chi connectivity index (χ2n) is 6.21. The number of aromatic nitrogens is 3. The van der Waals surface area contributed by atoms with Crippen molar-refractivity contribution in [2.24, 2.45) is 0 Å². The number of ether oxygens (including phenoxy) is 1. The second-order valence-corrected chi connectivity index (χ2v) is 6.21. The van der Waals surface area contributed by atoms with Crippen LogP contribution in [-0.4, -0.2) is 34.7 Å². The zero-order chi connectivity index (χ0) is 16.8. The highest BCUT2D eigenvalue weighted by molar-refractivity contribution is 5.45. The SMILES string of the molecule is CCCCN(Cc1cccnc1)c1cc([C@H]2CCOC2)nc(N)n1. The Morgan fingerprint density at radius 2 is 2.29 bits per heavy atom. The van der Waals surface area contributed by atoms with Crippen LogP contribution in [0.5, 0.6) is 0 Å². The maximum absolute atomic E-state index is 5.98. The third-order valence-electron chi connectivity index (χ3n) is 4.30. The Hall–Kier alpha value is -2.21. The Balaban J connectivity index is 1.85. The molecule has 1 saturated heterocycles. The molecule has 3 heterocycles. The molecule has 1 aliphatic rings. The molecule has 24 heavy (non-hydrogen) atoms. The first-order valence-corrected chi connectivity index (χ1v) is 8.62. The molecule has 128 valence electrons. The Morgan fingerprint density at radius 3 is 3.00 bits per heavy atom. The Labute approximate surface area is 143 Å². The normalized spacial score (nSPS) is 17.1. The summed E-state index contributed by atoms with van der Waals surface area (Å²) in [5.41, 5.74) is 8.14. The van der Waals surface area contributed by atoms with E-state index in [0.717, 1.165) is 56.0 Å². The van der Waals surface area contributed by atoms with E-state index < -0.39 is 0 Å². The third kappa shape index (κ3) is 4.20. The van der Waals surface area contributed by atoms with E-state index in [4.69, 9.17) is 10.5 Å². The molecule has 6 heteroatoms. The van der Waals surface area contributed by atoms with Crippen molar-refractivity contribution in [2.45, 2.75) is 38.6 Å². The molecule has 3 rings (SSSR count).